The second-order valence-corrected chi connectivity index (χ2v) is 6.50. The van der Waals surface area contributed by atoms with E-state index in [0.717, 1.165) is 16.7 Å². The molecule has 0 bridgehead atoms. The molecule has 2 atom stereocenters. The third kappa shape index (κ3) is 2.13. The van der Waals surface area contributed by atoms with Gasteiger partial charge in [-0.05, 0) is 47.1 Å². The molecule has 1 aromatic heterocycles. The van der Waals surface area contributed by atoms with E-state index in [1.54, 1.807) is 6.26 Å². The highest BCUT2D eigenvalue weighted by Crippen LogP contribution is 2.43. The molecule has 2 nitrogen and oxygen atoms in total. The third-order valence-electron chi connectivity index (χ3n) is 3.28. The summed E-state index contributed by atoms with van der Waals surface area (Å²) in [5.74, 6) is 0.989. The Hall–Kier alpha value is -0.710. The average Bonchev–Trinajstić information content (AvgIpc) is 2.97. The van der Waals surface area contributed by atoms with E-state index in [-0.39, 0.29) is 6.04 Å². The van der Waals surface area contributed by atoms with Crippen molar-refractivity contribution in [3.63, 3.8) is 0 Å². The number of nitrogens with one attached hydrogen (secondary N) is 1. The maximum absolute atomic E-state index is 5.61. The molecule has 18 heavy (non-hydrogen) atoms. The van der Waals surface area contributed by atoms with Crippen LogP contribution in [0.1, 0.15) is 17.4 Å². The predicted molar refractivity (Wildman–Crippen MR) is 78.0 cm³/mol. The first-order valence-corrected chi connectivity index (χ1v) is 7.61. The first kappa shape index (κ1) is 12.3. The van der Waals surface area contributed by atoms with Crippen LogP contribution in [0.3, 0.4) is 0 Å². The Morgan fingerprint density at radius 1 is 1.39 bits per heavy atom. The molecule has 2 aromatic rings. The minimum Gasteiger partial charge on any atom is -0.466 e. The predicted octanol–water partition coefficient (Wildman–Crippen LogP) is 4.02. The monoisotopic (exact) mass is 323 g/mol. The van der Waals surface area contributed by atoms with Crippen LogP contribution in [0.25, 0.3) is 0 Å². The van der Waals surface area contributed by atoms with Crippen molar-refractivity contribution in [2.75, 3.05) is 7.05 Å². The molecule has 0 aliphatic carbocycles. The molecule has 1 N–H and O–H groups in total. The lowest BCUT2D eigenvalue weighted by Crippen LogP contribution is -2.27. The normalized spacial score (nSPS) is 19.8. The minimum atomic E-state index is 0.228. The van der Waals surface area contributed by atoms with Gasteiger partial charge in [0.2, 0.25) is 0 Å². The first-order chi connectivity index (χ1) is 8.79. The molecule has 1 aliphatic heterocycles. The van der Waals surface area contributed by atoms with E-state index in [1.807, 2.05) is 24.9 Å². The maximum Gasteiger partial charge on any atom is 0.135 e. The van der Waals surface area contributed by atoms with E-state index in [1.165, 1.54) is 10.5 Å². The van der Waals surface area contributed by atoms with E-state index >= 15 is 0 Å². The van der Waals surface area contributed by atoms with Crippen molar-refractivity contribution >= 4 is 27.7 Å². The largest absolute Gasteiger partial charge is 0.466 e. The Kier molecular flexibility index (Phi) is 3.50. The van der Waals surface area contributed by atoms with E-state index in [0.29, 0.717) is 5.25 Å². The highest BCUT2D eigenvalue weighted by atomic mass is 79.9. The molecule has 0 radical (unpaired) electrons. The van der Waals surface area contributed by atoms with Crippen LogP contribution in [0.4, 0.5) is 0 Å². The van der Waals surface area contributed by atoms with Gasteiger partial charge in [0, 0.05) is 10.1 Å². The zero-order valence-electron chi connectivity index (χ0n) is 10.0. The van der Waals surface area contributed by atoms with E-state index in [9.17, 15) is 0 Å². The fourth-order valence-electron chi connectivity index (χ4n) is 2.41. The van der Waals surface area contributed by atoms with Crippen LogP contribution in [-0.4, -0.2) is 12.3 Å². The number of thioether (sulfide) groups is 1. The van der Waals surface area contributed by atoms with E-state index in [4.69, 9.17) is 4.42 Å². The minimum absolute atomic E-state index is 0.228. The van der Waals surface area contributed by atoms with Gasteiger partial charge in [0.15, 0.2) is 0 Å². The molecular formula is C14H14BrNOS. The molecule has 3 rings (SSSR count). The van der Waals surface area contributed by atoms with E-state index < -0.39 is 0 Å². The molecule has 1 aliphatic rings. The summed E-state index contributed by atoms with van der Waals surface area (Å²) in [7, 11) is 1.99. The van der Waals surface area contributed by atoms with Crippen molar-refractivity contribution in [3.8, 4) is 0 Å². The van der Waals surface area contributed by atoms with Crippen LogP contribution in [0, 0.1) is 0 Å². The second-order valence-electron chi connectivity index (χ2n) is 4.37. The molecule has 0 saturated heterocycles. The summed E-state index contributed by atoms with van der Waals surface area (Å²) in [5.41, 5.74) is 1.44. The standard InChI is InChI=1S/C14H14BrNOS/c1-16-13(14-10(15)6-7-17-14)12-8-9-4-2-3-5-11(9)18-12/h2-7,12-13,16H,8H2,1H3. The lowest BCUT2D eigenvalue weighted by Gasteiger charge is -2.20. The molecule has 0 saturated carbocycles. The van der Waals surface area contributed by atoms with Gasteiger partial charge in [-0.3, -0.25) is 0 Å². The van der Waals surface area contributed by atoms with Crippen LogP contribution in [0.5, 0.6) is 0 Å². The van der Waals surface area contributed by atoms with Gasteiger partial charge in [-0.2, -0.15) is 0 Å². The molecule has 4 heteroatoms. The zero-order chi connectivity index (χ0) is 12.5. The molecule has 0 amide bonds. The number of fused-ring (bicyclic) bond motifs is 1. The Morgan fingerprint density at radius 2 is 2.22 bits per heavy atom. The van der Waals surface area contributed by atoms with Crippen molar-refractivity contribution in [1.82, 2.24) is 5.32 Å². The van der Waals surface area contributed by atoms with Gasteiger partial charge in [0.25, 0.3) is 0 Å². The van der Waals surface area contributed by atoms with Crippen LogP contribution in [0.15, 0.2) is 50.4 Å². The summed E-state index contributed by atoms with van der Waals surface area (Å²) in [4.78, 5) is 1.39. The molecule has 0 fully saturated rings. The average molecular weight is 324 g/mol. The lowest BCUT2D eigenvalue weighted by molar-refractivity contribution is 0.420. The molecule has 2 unspecified atom stereocenters. The van der Waals surface area contributed by atoms with Crippen molar-refractivity contribution < 1.29 is 4.42 Å². The van der Waals surface area contributed by atoms with Crippen molar-refractivity contribution in [1.29, 1.82) is 0 Å². The topological polar surface area (TPSA) is 25.2 Å². The fourth-order valence-corrected chi connectivity index (χ4v) is 4.30. The quantitative estimate of drug-likeness (QED) is 0.923. The number of rotatable bonds is 3. The number of furan rings is 1. The van der Waals surface area contributed by atoms with Crippen LogP contribution in [0.2, 0.25) is 0 Å². The molecule has 1 aromatic carbocycles. The molecule has 2 heterocycles. The van der Waals surface area contributed by atoms with Crippen molar-refractivity contribution in [3.05, 3.63) is 52.4 Å². The lowest BCUT2D eigenvalue weighted by atomic mass is 10.0. The van der Waals surface area contributed by atoms with Crippen LogP contribution in [-0.2, 0) is 6.42 Å². The van der Waals surface area contributed by atoms with Gasteiger partial charge in [-0.1, -0.05) is 18.2 Å². The summed E-state index contributed by atoms with van der Waals surface area (Å²) in [6.45, 7) is 0. The summed E-state index contributed by atoms with van der Waals surface area (Å²) in [6, 6.07) is 10.8. The fraction of sp³-hybridized carbons (Fsp3) is 0.286. The molecule has 94 valence electrons. The van der Waals surface area contributed by atoms with Crippen molar-refractivity contribution in [2.45, 2.75) is 22.6 Å². The zero-order valence-corrected chi connectivity index (χ0v) is 12.4. The van der Waals surface area contributed by atoms with E-state index in [2.05, 4.69) is 45.5 Å². The SMILES string of the molecule is CNC(c1occc1Br)C1Cc2ccccc2S1. The van der Waals surface area contributed by atoms with Crippen LogP contribution >= 0.6 is 27.7 Å². The number of hydrogen-bond acceptors (Lipinski definition) is 3. The Bertz CT molecular complexity index is 529. The second kappa shape index (κ2) is 5.11. The maximum atomic E-state index is 5.61. The highest BCUT2D eigenvalue weighted by Gasteiger charge is 2.32. The van der Waals surface area contributed by atoms with Gasteiger partial charge in [0.05, 0.1) is 16.8 Å². The number of hydrogen-bond donors (Lipinski definition) is 1. The smallest absolute Gasteiger partial charge is 0.135 e. The third-order valence-corrected chi connectivity index (χ3v) is 5.33. The Balaban J connectivity index is 1.86. The van der Waals surface area contributed by atoms with Crippen molar-refractivity contribution in [2.24, 2.45) is 0 Å². The Morgan fingerprint density at radius 3 is 2.89 bits per heavy atom. The highest BCUT2D eigenvalue weighted by molar-refractivity contribution is 9.10. The summed E-state index contributed by atoms with van der Waals surface area (Å²) < 4.78 is 6.65. The summed E-state index contributed by atoms with van der Waals surface area (Å²) >= 11 is 5.48. The van der Waals surface area contributed by atoms with Gasteiger partial charge < -0.3 is 9.73 Å². The molecule has 0 spiro atoms. The number of benzene rings is 1. The number of halogens is 1. The van der Waals surface area contributed by atoms with Crippen LogP contribution < -0.4 is 5.32 Å². The first-order valence-electron chi connectivity index (χ1n) is 5.94. The summed E-state index contributed by atoms with van der Waals surface area (Å²) in [6.07, 6.45) is 2.82. The Labute approximate surface area is 119 Å². The summed E-state index contributed by atoms with van der Waals surface area (Å²) in [5, 5.41) is 3.86. The molecular weight excluding hydrogens is 310 g/mol. The van der Waals surface area contributed by atoms with Gasteiger partial charge >= 0.3 is 0 Å². The van der Waals surface area contributed by atoms with Gasteiger partial charge in [0.1, 0.15) is 5.76 Å². The van der Waals surface area contributed by atoms with Gasteiger partial charge in [-0.15, -0.1) is 11.8 Å². The van der Waals surface area contributed by atoms with Gasteiger partial charge in [-0.25, -0.2) is 0 Å².